The molecule has 0 aliphatic heterocycles. The highest BCUT2D eigenvalue weighted by molar-refractivity contribution is 6.20. The highest BCUT2D eigenvalue weighted by atomic mass is 35.5. The van der Waals surface area contributed by atoms with Gasteiger partial charge >= 0.3 is 0 Å². The van der Waals surface area contributed by atoms with Gasteiger partial charge in [0, 0.05) is 7.05 Å². The fourth-order valence-corrected chi connectivity index (χ4v) is 1.87. The van der Waals surface area contributed by atoms with E-state index in [1.54, 1.807) is 0 Å². The van der Waals surface area contributed by atoms with Crippen LogP contribution in [-0.4, -0.2) is 9.55 Å². The van der Waals surface area contributed by atoms with Crippen molar-refractivity contribution < 1.29 is 0 Å². The quantitative estimate of drug-likeness (QED) is 0.659. The van der Waals surface area contributed by atoms with Crippen LogP contribution in [0.3, 0.4) is 0 Å². The lowest BCUT2D eigenvalue weighted by molar-refractivity contribution is 0.811. The van der Waals surface area contributed by atoms with Crippen LogP contribution >= 0.6 is 11.6 Å². The van der Waals surface area contributed by atoms with Crippen LogP contribution in [0.5, 0.6) is 0 Å². The van der Waals surface area contributed by atoms with E-state index in [4.69, 9.17) is 11.6 Å². The van der Waals surface area contributed by atoms with Crippen molar-refractivity contribution in [1.82, 2.24) is 9.55 Å². The summed E-state index contributed by atoms with van der Waals surface area (Å²) >= 11 is 6.04. The number of fused-ring (bicyclic) bond motifs is 1. The van der Waals surface area contributed by atoms with Crippen LogP contribution in [0, 0.1) is 6.92 Å². The molecule has 1 aromatic carbocycles. The van der Waals surface area contributed by atoms with Crippen molar-refractivity contribution in [3.8, 4) is 0 Å². The number of imidazole rings is 1. The molecule has 0 N–H and O–H groups in total. The van der Waals surface area contributed by atoms with Crippen molar-refractivity contribution in [2.45, 2.75) is 19.2 Å². The van der Waals surface area contributed by atoms with Gasteiger partial charge in [-0.1, -0.05) is 6.07 Å². The summed E-state index contributed by atoms with van der Waals surface area (Å²) in [5.41, 5.74) is 3.40. The summed E-state index contributed by atoms with van der Waals surface area (Å²) in [6, 6.07) is 6.23. The maximum atomic E-state index is 6.04. The second-order valence-electron chi connectivity index (χ2n) is 3.64. The standard InChI is InChI=1S/C11H13ClN2/c1-7-4-5-9-10(6-7)14(3)11(13-9)8(2)12/h4-6,8H,1-3H3. The molecule has 2 aromatic rings. The van der Waals surface area contributed by atoms with Crippen LogP contribution in [0.1, 0.15) is 23.7 Å². The molecule has 0 amide bonds. The van der Waals surface area contributed by atoms with E-state index in [2.05, 4.69) is 28.6 Å². The second-order valence-corrected chi connectivity index (χ2v) is 4.29. The Balaban J connectivity index is 2.74. The van der Waals surface area contributed by atoms with E-state index in [0.29, 0.717) is 0 Å². The molecule has 0 radical (unpaired) electrons. The number of halogens is 1. The Morgan fingerprint density at radius 3 is 2.79 bits per heavy atom. The first-order valence-electron chi connectivity index (χ1n) is 4.66. The molecule has 0 aliphatic carbocycles. The van der Waals surface area contributed by atoms with Crippen molar-refractivity contribution in [2.75, 3.05) is 0 Å². The maximum absolute atomic E-state index is 6.04. The lowest BCUT2D eigenvalue weighted by Crippen LogP contribution is -1.97. The molecule has 0 saturated heterocycles. The zero-order valence-corrected chi connectivity index (χ0v) is 9.34. The molecular weight excluding hydrogens is 196 g/mol. The molecule has 2 rings (SSSR count). The van der Waals surface area contributed by atoms with E-state index in [9.17, 15) is 0 Å². The molecule has 1 heterocycles. The van der Waals surface area contributed by atoms with Gasteiger partial charge in [0.25, 0.3) is 0 Å². The van der Waals surface area contributed by atoms with Gasteiger partial charge in [0.2, 0.25) is 0 Å². The fraction of sp³-hybridized carbons (Fsp3) is 0.364. The molecule has 74 valence electrons. The number of hydrogen-bond acceptors (Lipinski definition) is 1. The molecular formula is C11H13ClN2. The fourth-order valence-electron chi connectivity index (χ4n) is 1.67. The van der Waals surface area contributed by atoms with E-state index < -0.39 is 0 Å². The Bertz CT molecular complexity index is 471. The second kappa shape index (κ2) is 3.28. The van der Waals surface area contributed by atoms with Gasteiger partial charge in [-0.2, -0.15) is 0 Å². The summed E-state index contributed by atoms with van der Waals surface area (Å²) in [5.74, 6) is 0.923. The number of nitrogens with zero attached hydrogens (tertiary/aromatic N) is 2. The minimum Gasteiger partial charge on any atom is -0.330 e. The smallest absolute Gasteiger partial charge is 0.127 e. The van der Waals surface area contributed by atoms with Crippen LogP contribution in [-0.2, 0) is 7.05 Å². The summed E-state index contributed by atoms with van der Waals surface area (Å²) in [6.45, 7) is 4.02. The van der Waals surface area contributed by atoms with Crippen molar-refractivity contribution in [1.29, 1.82) is 0 Å². The van der Waals surface area contributed by atoms with Crippen LogP contribution in [0.2, 0.25) is 0 Å². The zero-order chi connectivity index (χ0) is 10.3. The summed E-state index contributed by atoms with van der Waals surface area (Å²) in [6.07, 6.45) is 0. The Morgan fingerprint density at radius 1 is 1.43 bits per heavy atom. The van der Waals surface area contributed by atoms with Crippen LogP contribution in [0.4, 0.5) is 0 Å². The molecule has 0 spiro atoms. The SMILES string of the molecule is Cc1ccc2nc(C(C)Cl)n(C)c2c1. The predicted molar refractivity (Wildman–Crippen MR) is 59.7 cm³/mol. The predicted octanol–water partition coefficient (Wildman–Crippen LogP) is 3.18. The minimum absolute atomic E-state index is 0.0484. The number of rotatable bonds is 1. The Morgan fingerprint density at radius 2 is 2.14 bits per heavy atom. The van der Waals surface area contributed by atoms with E-state index >= 15 is 0 Å². The third-order valence-corrected chi connectivity index (χ3v) is 2.62. The van der Waals surface area contributed by atoms with Crippen molar-refractivity contribution >= 4 is 22.6 Å². The Hall–Kier alpha value is -1.02. The summed E-state index contributed by atoms with van der Waals surface area (Å²) in [4.78, 5) is 4.48. The van der Waals surface area contributed by atoms with E-state index in [1.807, 2.05) is 20.0 Å². The molecule has 1 atom stereocenters. The number of hydrogen-bond donors (Lipinski definition) is 0. The lowest BCUT2D eigenvalue weighted by Gasteiger charge is -2.02. The molecule has 14 heavy (non-hydrogen) atoms. The molecule has 3 heteroatoms. The molecule has 0 bridgehead atoms. The van der Waals surface area contributed by atoms with Crippen LogP contribution < -0.4 is 0 Å². The third-order valence-electron chi connectivity index (χ3n) is 2.43. The normalized spacial score (nSPS) is 13.4. The summed E-state index contributed by atoms with van der Waals surface area (Å²) in [5, 5.41) is -0.0484. The average Bonchev–Trinajstić information content (AvgIpc) is 2.44. The number of aromatic nitrogens is 2. The first-order chi connectivity index (χ1) is 6.59. The highest BCUT2D eigenvalue weighted by Crippen LogP contribution is 2.23. The van der Waals surface area contributed by atoms with Crippen LogP contribution in [0.25, 0.3) is 11.0 Å². The first-order valence-corrected chi connectivity index (χ1v) is 5.10. The van der Waals surface area contributed by atoms with E-state index in [0.717, 1.165) is 16.9 Å². The molecule has 2 nitrogen and oxygen atoms in total. The Labute approximate surface area is 88.5 Å². The molecule has 1 aromatic heterocycles. The van der Waals surface area contributed by atoms with Gasteiger partial charge in [-0.25, -0.2) is 4.98 Å². The lowest BCUT2D eigenvalue weighted by atomic mass is 10.2. The zero-order valence-electron chi connectivity index (χ0n) is 8.58. The molecule has 0 aliphatic rings. The third kappa shape index (κ3) is 1.40. The van der Waals surface area contributed by atoms with Gasteiger partial charge in [-0.15, -0.1) is 11.6 Å². The Kier molecular flexibility index (Phi) is 2.23. The summed E-state index contributed by atoms with van der Waals surface area (Å²) in [7, 11) is 2.00. The maximum Gasteiger partial charge on any atom is 0.127 e. The number of benzene rings is 1. The van der Waals surface area contributed by atoms with Gasteiger partial charge in [0.15, 0.2) is 0 Å². The van der Waals surface area contributed by atoms with E-state index in [1.165, 1.54) is 5.56 Å². The van der Waals surface area contributed by atoms with Crippen molar-refractivity contribution in [3.05, 3.63) is 29.6 Å². The van der Waals surface area contributed by atoms with Crippen molar-refractivity contribution in [3.63, 3.8) is 0 Å². The summed E-state index contributed by atoms with van der Waals surface area (Å²) < 4.78 is 2.06. The largest absolute Gasteiger partial charge is 0.330 e. The van der Waals surface area contributed by atoms with E-state index in [-0.39, 0.29) is 5.38 Å². The average molecular weight is 209 g/mol. The highest BCUT2D eigenvalue weighted by Gasteiger charge is 2.11. The van der Waals surface area contributed by atoms with Gasteiger partial charge in [-0.3, -0.25) is 0 Å². The monoisotopic (exact) mass is 208 g/mol. The first kappa shape index (κ1) is 9.53. The van der Waals surface area contributed by atoms with Crippen molar-refractivity contribution in [2.24, 2.45) is 7.05 Å². The molecule has 0 fully saturated rings. The number of aryl methyl sites for hydroxylation is 2. The number of alkyl halides is 1. The topological polar surface area (TPSA) is 17.8 Å². The molecule has 0 saturated carbocycles. The van der Waals surface area contributed by atoms with Gasteiger partial charge in [0.1, 0.15) is 5.82 Å². The van der Waals surface area contributed by atoms with Crippen LogP contribution in [0.15, 0.2) is 18.2 Å². The minimum atomic E-state index is -0.0484. The van der Waals surface area contributed by atoms with Gasteiger partial charge in [0.05, 0.1) is 16.4 Å². The van der Waals surface area contributed by atoms with Gasteiger partial charge in [-0.05, 0) is 31.5 Å². The molecule has 1 unspecified atom stereocenters. The van der Waals surface area contributed by atoms with Gasteiger partial charge < -0.3 is 4.57 Å².